The summed E-state index contributed by atoms with van der Waals surface area (Å²) in [7, 11) is 0. The summed E-state index contributed by atoms with van der Waals surface area (Å²) in [6.07, 6.45) is 1.83. The summed E-state index contributed by atoms with van der Waals surface area (Å²) in [5.74, 6) is 5.60. The van der Waals surface area contributed by atoms with E-state index in [1.807, 2.05) is 12.1 Å². The van der Waals surface area contributed by atoms with E-state index in [0.29, 0.717) is 25.3 Å². The molecule has 0 heterocycles. The van der Waals surface area contributed by atoms with Crippen molar-refractivity contribution in [3.05, 3.63) is 35.4 Å². The van der Waals surface area contributed by atoms with Gasteiger partial charge in [-0.1, -0.05) is 24.8 Å². The highest BCUT2D eigenvalue weighted by Gasteiger charge is 2.04. The summed E-state index contributed by atoms with van der Waals surface area (Å²) in [5.41, 5.74) is 6.74. The molecule has 0 unspecified atom stereocenters. The Labute approximate surface area is 120 Å². The molecule has 108 valence electrons. The molecule has 0 aliphatic rings. The third-order valence-corrected chi connectivity index (χ3v) is 2.56. The zero-order valence-corrected chi connectivity index (χ0v) is 11.9. The van der Waals surface area contributed by atoms with Crippen LogP contribution in [-0.2, 0) is 4.74 Å². The Morgan fingerprint density at radius 3 is 3.00 bits per heavy atom. The monoisotopic (exact) mass is 274 g/mol. The second-order valence-corrected chi connectivity index (χ2v) is 4.31. The molecule has 0 radical (unpaired) electrons. The first-order valence-electron chi connectivity index (χ1n) is 6.93. The molecule has 1 aromatic carbocycles. The Morgan fingerprint density at radius 1 is 1.40 bits per heavy atom. The van der Waals surface area contributed by atoms with E-state index in [2.05, 4.69) is 24.1 Å². The highest BCUT2D eigenvalue weighted by Crippen LogP contribution is 2.04. The molecule has 0 aromatic heterocycles. The fraction of sp³-hybridized carbons (Fsp3) is 0.438. The van der Waals surface area contributed by atoms with E-state index in [0.717, 1.165) is 25.0 Å². The molecule has 0 aliphatic heterocycles. The summed E-state index contributed by atoms with van der Waals surface area (Å²) in [5, 5.41) is 2.87. The van der Waals surface area contributed by atoms with Crippen LogP contribution >= 0.6 is 0 Å². The molecule has 0 bridgehead atoms. The van der Waals surface area contributed by atoms with Crippen LogP contribution < -0.4 is 11.1 Å². The lowest BCUT2D eigenvalue weighted by atomic mass is 10.1. The van der Waals surface area contributed by atoms with Crippen LogP contribution in [0.2, 0.25) is 0 Å². The van der Waals surface area contributed by atoms with Gasteiger partial charge in [-0.15, -0.1) is 0 Å². The fourth-order valence-corrected chi connectivity index (χ4v) is 1.62. The lowest BCUT2D eigenvalue weighted by Crippen LogP contribution is -2.25. The van der Waals surface area contributed by atoms with Crippen molar-refractivity contribution in [1.29, 1.82) is 0 Å². The van der Waals surface area contributed by atoms with Crippen LogP contribution in [-0.4, -0.2) is 32.2 Å². The highest BCUT2D eigenvalue weighted by molar-refractivity contribution is 5.94. The van der Waals surface area contributed by atoms with Crippen molar-refractivity contribution in [1.82, 2.24) is 5.32 Å². The quantitative estimate of drug-likeness (QED) is 0.585. The van der Waals surface area contributed by atoms with Crippen LogP contribution in [0.15, 0.2) is 24.3 Å². The summed E-state index contributed by atoms with van der Waals surface area (Å²) in [6.45, 7) is 4.45. The van der Waals surface area contributed by atoms with Gasteiger partial charge in [-0.05, 0) is 31.0 Å². The molecule has 0 saturated heterocycles. The molecule has 0 fully saturated rings. The molecular formula is C16H22N2O2. The zero-order chi connectivity index (χ0) is 14.6. The molecule has 1 amide bonds. The van der Waals surface area contributed by atoms with Crippen molar-refractivity contribution in [3.63, 3.8) is 0 Å². The number of hydrogen-bond acceptors (Lipinski definition) is 3. The number of hydrogen-bond donors (Lipinski definition) is 2. The van der Waals surface area contributed by atoms with Gasteiger partial charge in [0.2, 0.25) is 0 Å². The van der Waals surface area contributed by atoms with Gasteiger partial charge < -0.3 is 15.8 Å². The lowest BCUT2D eigenvalue weighted by molar-refractivity contribution is 0.0941. The lowest BCUT2D eigenvalue weighted by Gasteiger charge is -2.06. The largest absolute Gasteiger partial charge is 0.381 e. The predicted molar refractivity (Wildman–Crippen MR) is 80.4 cm³/mol. The molecule has 4 heteroatoms. The SMILES string of the molecule is CCCOCCCNC(=O)c1cccc(C#CCN)c1. The summed E-state index contributed by atoms with van der Waals surface area (Å²) in [6, 6.07) is 7.22. The van der Waals surface area contributed by atoms with Crippen LogP contribution in [0.3, 0.4) is 0 Å². The Bertz CT molecular complexity index is 475. The summed E-state index contributed by atoms with van der Waals surface area (Å²) in [4.78, 5) is 11.9. The minimum absolute atomic E-state index is 0.0862. The van der Waals surface area contributed by atoms with Crippen LogP contribution in [0, 0.1) is 11.8 Å². The average Bonchev–Trinajstić information content (AvgIpc) is 2.48. The second kappa shape index (κ2) is 10.0. The minimum atomic E-state index is -0.0862. The number of ether oxygens (including phenoxy) is 1. The average molecular weight is 274 g/mol. The second-order valence-electron chi connectivity index (χ2n) is 4.31. The fourth-order valence-electron chi connectivity index (χ4n) is 1.62. The van der Waals surface area contributed by atoms with Gasteiger partial charge in [0.15, 0.2) is 0 Å². The Balaban J connectivity index is 2.39. The van der Waals surface area contributed by atoms with E-state index in [1.54, 1.807) is 12.1 Å². The Kier molecular flexibility index (Phi) is 8.13. The zero-order valence-electron chi connectivity index (χ0n) is 11.9. The van der Waals surface area contributed by atoms with Gasteiger partial charge >= 0.3 is 0 Å². The van der Waals surface area contributed by atoms with E-state index >= 15 is 0 Å². The number of carbonyl (C=O) groups is 1. The number of benzene rings is 1. The molecular weight excluding hydrogens is 252 g/mol. The molecule has 4 nitrogen and oxygen atoms in total. The normalized spacial score (nSPS) is 9.70. The first-order chi connectivity index (χ1) is 9.77. The van der Waals surface area contributed by atoms with E-state index in [1.165, 1.54) is 0 Å². The predicted octanol–water partition coefficient (Wildman–Crippen LogP) is 1.54. The van der Waals surface area contributed by atoms with E-state index < -0.39 is 0 Å². The van der Waals surface area contributed by atoms with Crippen molar-refractivity contribution in [2.45, 2.75) is 19.8 Å². The van der Waals surface area contributed by atoms with Gasteiger partial charge in [0.05, 0.1) is 6.54 Å². The van der Waals surface area contributed by atoms with Gasteiger partial charge in [-0.2, -0.15) is 0 Å². The number of amides is 1. The molecule has 0 atom stereocenters. The first kappa shape index (κ1) is 16.2. The maximum absolute atomic E-state index is 11.9. The van der Waals surface area contributed by atoms with Gasteiger partial charge in [0, 0.05) is 30.9 Å². The van der Waals surface area contributed by atoms with Crippen molar-refractivity contribution in [2.24, 2.45) is 5.73 Å². The molecule has 20 heavy (non-hydrogen) atoms. The number of nitrogens with one attached hydrogen (secondary N) is 1. The topological polar surface area (TPSA) is 64.3 Å². The number of nitrogens with two attached hydrogens (primary N) is 1. The Morgan fingerprint density at radius 2 is 2.25 bits per heavy atom. The third kappa shape index (κ3) is 6.37. The molecule has 1 rings (SSSR count). The van der Waals surface area contributed by atoms with E-state index in [9.17, 15) is 4.79 Å². The third-order valence-electron chi connectivity index (χ3n) is 2.56. The van der Waals surface area contributed by atoms with Crippen LogP contribution in [0.1, 0.15) is 35.7 Å². The van der Waals surface area contributed by atoms with Crippen molar-refractivity contribution in [2.75, 3.05) is 26.3 Å². The van der Waals surface area contributed by atoms with Crippen LogP contribution in [0.4, 0.5) is 0 Å². The van der Waals surface area contributed by atoms with Gasteiger partial charge in [0.25, 0.3) is 5.91 Å². The molecule has 0 aliphatic carbocycles. The molecule has 1 aromatic rings. The van der Waals surface area contributed by atoms with E-state index in [-0.39, 0.29) is 5.91 Å². The molecule has 0 spiro atoms. The highest BCUT2D eigenvalue weighted by atomic mass is 16.5. The first-order valence-corrected chi connectivity index (χ1v) is 6.93. The number of rotatable bonds is 7. The van der Waals surface area contributed by atoms with Crippen molar-refractivity contribution < 1.29 is 9.53 Å². The molecule has 0 saturated carbocycles. The smallest absolute Gasteiger partial charge is 0.251 e. The maximum atomic E-state index is 11.9. The number of carbonyl (C=O) groups excluding carboxylic acids is 1. The summed E-state index contributed by atoms with van der Waals surface area (Å²) < 4.78 is 5.35. The molecule has 3 N–H and O–H groups in total. The van der Waals surface area contributed by atoms with Crippen molar-refractivity contribution >= 4 is 5.91 Å². The van der Waals surface area contributed by atoms with Gasteiger partial charge in [-0.3, -0.25) is 4.79 Å². The van der Waals surface area contributed by atoms with Crippen LogP contribution in [0.5, 0.6) is 0 Å². The van der Waals surface area contributed by atoms with Gasteiger partial charge in [0.1, 0.15) is 0 Å². The minimum Gasteiger partial charge on any atom is -0.381 e. The van der Waals surface area contributed by atoms with E-state index in [4.69, 9.17) is 10.5 Å². The Hall–Kier alpha value is -1.83. The standard InChI is InChI=1S/C16H22N2O2/c1-2-11-20-12-5-10-18-16(19)15-8-3-6-14(13-15)7-4-9-17/h3,6,8,13H,2,5,9-12,17H2,1H3,(H,18,19). The van der Waals surface area contributed by atoms with Crippen LogP contribution in [0.25, 0.3) is 0 Å². The summed E-state index contributed by atoms with van der Waals surface area (Å²) >= 11 is 0. The van der Waals surface area contributed by atoms with Gasteiger partial charge in [-0.25, -0.2) is 0 Å². The maximum Gasteiger partial charge on any atom is 0.251 e. The van der Waals surface area contributed by atoms with Crippen molar-refractivity contribution in [3.8, 4) is 11.8 Å².